The average Bonchev–Trinajstić information content (AvgIpc) is 2.47. The highest BCUT2D eigenvalue weighted by Crippen LogP contribution is 2.31. The van der Waals surface area contributed by atoms with Crippen molar-refractivity contribution in [3.8, 4) is 5.75 Å². The minimum atomic E-state index is -0.560. The van der Waals surface area contributed by atoms with E-state index >= 15 is 0 Å². The molecule has 0 radical (unpaired) electrons. The Balaban J connectivity index is 2.31. The highest BCUT2D eigenvalue weighted by molar-refractivity contribution is 5.33. The highest BCUT2D eigenvalue weighted by Gasteiger charge is 2.34. The summed E-state index contributed by atoms with van der Waals surface area (Å²) in [7, 11) is 1.44. The number of ether oxygens (including phenoxy) is 1. The lowest BCUT2D eigenvalue weighted by atomic mass is 9.90. The van der Waals surface area contributed by atoms with Gasteiger partial charge < -0.3 is 15.2 Å². The van der Waals surface area contributed by atoms with Crippen molar-refractivity contribution < 1.29 is 14.2 Å². The summed E-state index contributed by atoms with van der Waals surface area (Å²) in [6, 6.07) is 4.89. The lowest BCUT2D eigenvalue weighted by molar-refractivity contribution is 0.0309. The van der Waals surface area contributed by atoms with Crippen molar-refractivity contribution in [1.82, 2.24) is 10.2 Å². The lowest BCUT2D eigenvalue weighted by Crippen LogP contribution is -2.54. The van der Waals surface area contributed by atoms with Crippen molar-refractivity contribution in [2.45, 2.75) is 12.5 Å². The SMILES string of the molecule is COc1ccc(C(C)(CO)N2CCNCC2)cc1F. The van der Waals surface area contributed by atoms with Gasteiger partial charge in [-0.05, 0) is 24.6 Å². The summed E-state index contributed by atoms with van der Waals surface area (Å²) in [5.41, 5.74) is 0.213. The smallest absolute Gasteiger partial charge is 0.165 e. The summed E-state index contributed by atoms with van der Waals surface area (Å²) in [6.45, 7) is 5.34. The van der Waals surface area contributed by atoms with Crippen molar-refractivity contribution >= 4 is 0 Å². The summed E-state index contributed by atoms with van der Waals surface area (Å²) in [4.78, 5) is 2.19. The number of nitrogens with one attached hydrogen (secondary N) is 1. The second kappa shape index (κ2) is 5.86. The van der Waals surface area contributed by atoms with Gasteiger partial charge in [-0.3, -0.25) is 4.90 Å². The molecule has 2 N–H and O–H groups in total. The van der Waals surface area contributed by atoms with Crippen LogP contribution < -0.4 is 10.1 Å². The summed E-state index contributed by atoms with van der Waals surface area (Å²) in [5, 5.41) is 13.1. The number of halogens is 1. The number of hydrogen-bond donors (Lipinski definition) is 2. The van der Waals surface area contributed by atoms with Crippen LogP contribution >= 0.6 is 0 Å². The van der Waals surface area contributed by atoms with E-state index in [2.05, 4.69) is 10.2 Å². The predicted octanol–water partition coefficient (Wildman–Crippen LogP) is 0.947. The molecular weight excluding hydrogens is 247 g/mol. The van der Waals surface area contributed by atoms with Gasteiger partial charge in [-0.2, -0.15) is 0 Å². The Kier molecular flexibility index (Phi) is 4.39. The fourth-order valence-corrected chi connectivity index (χ4v) is 2.53. The van der Waals surface area contributed by atoms with E-state index in [0.29, 0.717) is 0 Å². The molecule has 0 aliphatic carbocycles. The van der Waals surface area contributed by atoms with Gasteiger partial charge >= 0.3 is 0 Å². The second-order valence-corrected chi connectivity index (χ2v) is 5.02. The number of rotatable bonds is 4. The molecule has 19 heavy (non-hydrogen) atoms. The molecule has 1 aliphatic heterocycles. The predicted molar refractivity (Wildman–Crippen MR) is 71.8 cm³/mol. The van der Waals surface area contributed by atoms with Crippen LogP contribution in [0.2, 0.25) is 0 Å². The molecule has 0 amide bonds. The van der Waals surface area contributed by atoms with Crippen molar-refractivity contribution in [2.75, 3.05) is 39.9 Å². The number of methoxy groups -OCH3 is 1. The third-order valence-electron chi connectivity index (χ3n) is 3.90. The van der Waals surface area contributed by atoms with Gasteiger partial charge in [0, 0.05) is 26.2 Å². The molecule has 106 valence electrons. The van der Waals surface area contributed by atoms with Crippen molar-refractivity contribution in [2.24, 2.45) is 0 Å². The van der Waals surface area contributed by atoms with Crippen molar-refractivity contribution in [1.29, 1.82) is 0 Å². The quantitative estimate of drug-likeness (QED) is 0.853. The van der Waals surface area contributed by atoms with E-state index in [1.807, 2.05) is 13.0 Å². The molecule has 2 rings (SSSR count). The maximum Gasteiger partial charge on any atom is 0.165 e. The first-order valence-corrected chi connectivity index (χ1v) is 6.52. The molecule has 1 aromatic carbocycles. The molecule has 1 aliphatic rings. The molecular formula is C14H21FN2O2. The van der Waals surface area contributed by atoms with Crippen molar-refractivity contribution in [3.63, 3.8) is 0 Å². The lowest BCUT2D eigenvalue weighted by Gasteiger charge is -2.43. The molecule has 1 aromatic rings. The van der Waals surface area contributed by atoms with Gasteiger partial charge in [0.2, 0.25) is 0 Å². The van der Waals surface area contributed by atoms with Gasteiger partial charge in [0.1, 0.15) is 0 Å². The van der Waals surface area contributed by atoms with Gasteiger partial charge in [0.05, 0.1) is 19.3 Å². The van der Waals surface area contributed by atoms with Gasteiger partial charge in [-0.25, -0.2) is 4.39 Å². The number of benzene rings is 1. The van der Waals surface area contributed by atoms with E-state index < -0.39 is 11.4 Å². The topological polar surface area (TPSA) is 44.7 Å². The average molecular weight is 268 g/mol. The Labute approximate surface area is 113 Å². The third-order valence-corrected chi connectivity index (χ3v) is 3.90. The molecule has 4 nitrogen and oxygen atoms in total. The molecule has 1 atom stereocenters. The van der Waals surface area contributed by atoms with Gasteiger partial charge in [0.25, 0.3) is 0 Å². The normalized spacial score (nSPS) is 20.0. The maximum absolute atomic E-state index is 13.8. The van der Waals surface area contributed by atoms with Gasteiger partial charge in [-0.1, -0.05) is 6.07 Å². The first kappa shape index (κ1) is 14.2. The van der Waals surface area contributed by atoms with Crippen LogP contribution in [0.15, 0.2) is 18.2 Å². The Hall–Kier alpha value is -1.17. The third kappa shape index (κ3) is 2.73. The monoisotopic (exact) mass is 268 g/mol. The zero-order valence-corrected chi connectivity index (χ0v) is 11.4. The summed E-state index contributed by atoms with van der Waals surface area (Å²) in [6.07, 6.45) is 0. The minimum absolute atomic E-state index is 0.0429. The molecule has 1 saturated heterocycles. The van der Waals surface area contributed by atoms with E-state index in [-0.39, 0.29) is 12.4 Å². The first-order valence-electron chi connectivity index (χ1n) is 6.52. The molecule has 1 unspecified atom stereocenters. The fraction of sp³-hybridized carbons (Fsp3) is 0.571. The molecule has 1 fully saturated rings. The standard InChI is InChI=1S/C14H21FN2O2/c1-14(10-18,17-7-5-16-6-8-17)11-3-4-13(19-2)12(15)9-11/h3-4,9,16,18H,5-8,10H2,1-2H3. The zero-order valence-electron chi connectivity index (χ0n) is 11.4. The number of nitrogens with zero attached hydrogens (tertiary/aromatic N) is 1. The summed E-state index contributed by atoms with van der Waals surface area (Å²) < 4.78 is 18.8. The van der Waals surface area contributed by atoms with Crippen LogP contribution in [-0.2, 0) is 5.54 Å². The summed E-state index contributed by atoms with van der Waals surface area (Å²) >= 11 is 0. The van der Waals surface area contributed by atoms with E-state index in [0.717, 1.165) is 31.7 Å². The number of hydrogen-bond acceptors (Lipinski definition) is 4. The maximum atomic E-state index is 13.8. The largest absolute Gasteiger partial charge is 0.494 e. The van der Waals surface area contributed by atoms with E-state index in [1.165, 1.54) is 13.2 Å². The molecule has 0 spiro atoms. The zero-order chi connectivity index (χ0) is 13.9. The van der Waals surface area contributed by atoms with Crippen LogP contribution in [0.4, 0.5) is 4.39 Å². The van der Waals surface area contributed by atoms with Crippen LogP contribution in [0.1, 0.15) is 12.5 Å². The molecule has 1 heterocycles. The van der Waals surface area contributed by atoms with E-state index in [4.69, 9.17) is 4.74 Å². The number of aliphatic hydroxyl groups excluding tert-OH is 1. The highest BCUT2D eigenvalue weighted by atomic mass is 19.1. The Morgan fingerprint density at radius 2 is 2.11 bits per heavy atom. The van der Waals surface area contributed by atoms with Crippen LogP contribution in [0, 0.1) is 5.82 Å². The second-order valence-electron chi connectivity index (χ2n) is 5.02. The van der Waals surface area contributed by atoms with E-state index in [1.54, 1.807) is 6.07 Å². The Morgan fingerprint density at radius 1 is 1.42 bits per heavy atom. The molecule has 0 aromatic heterocycles. The molecule has 0 saturated carbocycles. The van der Waals surface area contributed by atoms with Crippen LogP contribution in [-0.4, -0.2) is 49.9 Å². The fourth-order valence-electron chi connectivity index (χ4n) is 2.53. The van der Waals surface area contributed by atoms with Crippen LogP contribution in [0.5, 0.6) is 5.75 Å². The summed E-state index contributed by atoms with van der Waals surface area (Å²) in [5.74, 6) is -0.167. The van der Waals surface area contributed by atoms with Crippen LogP contribution in [0.3, 0.4) is 0 Å². The molecule has 0 bridgehead atoms. The Morgan fingerprint density at radius 3 is 2.63 bits per heavy atom. The van der Waals surface area contributed by atoms with Crippen LogP contribution in [0.25, 0.3) is 0 Å². The van der Waals surface area contributed by atoms with Gasteiger partial charge in [0.15, 0.2) is 11.6 Å². The first-order chi connectivity index (χ1) is 9.11. The molecule has 5 heteroatoms. The number of aliphatic hydroxyl groups is 1. The van der Waals surface area contributed by atoms with E-state index in [9.17, 15) is 9.50 Å². The number of piperazine rings is 1. The van der Waals surface area contributed by atoms with Gasteiger partial charge in [-0.15, -0.1) is 0 Å². The minimum Gasteiger partial charge on any atom is -0.494 e. The van der Waals surface area contributed by atoms with Crippen molar-refractivity contribution in [3.05, 3.63) is 29.6 Å². The Bertz CT molecular complexity index is 435.